The fraction of sp³-hybridized carbons (Fsp3) is 1.00. The molecule has 60 valence electrons. The number of hydrogen-bond donors (Lipinski definition) is 0. The molecule has 0 aromatic rings. The minimum Gasteiger partial charge on any atom is -0.297 e. The number of nitrogens with zero attached hydrogens (tertiary/aromatic N) is 1. The molecule has 0 aromatic carbocycles. The fourth-order valence-corrected chi connectivity index (χ4v) is 2.03. The van der Waals surface area contributed by atoms with Crippen molar-refractivity contribution < 1.29 is 4.39 Å². The van der Waals surface area contributed by atoms with Gasteiger partial charge in [0.1, 0.15) is 6.17 Å². The largest absolute Gasteiger partial charge is 0.297 e. The molecule has 2 saturated heterocycles. The van der Waals surface area contributed by atoms with Crippen LogP contribution in [-0.2, 0) is 0 Å². The molecule has 0 aliphatic carbocycles. The van der Waals surface area contributed by atoms with E-state index in [9.17, 15) is 4.39 Å². The average molecular weight is 257 g/mol. The van der Waals surface area contributed by atoms with Crippen molar-refractivity contribution in [1.29, 1.82) is 0 Å². The zero-order chi connectivity index (χ0) is 6.27. The SMILES string of the molecule is F[C@@H]1CC2CCCN2C1.I. The summed E-state index contributed by atoms with van der Waals surface area (Å²) >= 11 is 0. The van der Waals surface area contributed by atoms with E-state index in [4.69, 9.17) is 0 Å². The first-order chi connectivity index (χ1) is 4.36. The highest BCUT2D eigenvalue weighted by Crippen LogP contribution is 2.28. The van der Waals surface area contributed by atoms with Gasteiger partial charge in [-0.25, -0.2) is 4.39 Å². The molecule has 3 heteroatoms. The number of hydrogen-bond acceptors (Lipinski definition) is 1. The first-order valence-electron chi connectivity index (χ1n) is 3.74. The van der Waals surface area contributed by atoms with Gasteiger partial charge < -0.3 is 0 Å². The lowest BCUT2D eigenvalue weighted by molar-refractivity contribution is 0.292. The molecular weight excluding hydrogens is 244 g/mol. The van der Waals surface area contributed by atoms with Crippen LogP contribution in [0.2, 0.25) is 0 Å². The van der Waals surface area contributed by atoms with Crippen molar-refractivity contribution in [3.8, 4) is 0 Å². The third-order valence-electron chi connectivity index (χ3n) is 2.46. The van der Waals surface area contributed by atoms with Gasteiger partial charge in [0.2, 0.25) is 0 Å². The van der Waals surface area contributed by atoms with Crippen LogP contribution in [0.15, 0.2) is 0 Å². The maximum Gasteiger partial charge on any atom is 0.114 e. The molecule has 0 bridgehead atoms. The molecule has 2 atom stereocenters. The molecule has 0 amide bonds. The molecule has 0 radical (unpaired) electrons. The van der Waals surface area contributed by atoms with E-state index < -0.39 is 6.17 Å². The summed E-state index contributed by atoms with van der Waals surface area (Å²) in [6.07, 6.45) is 2.81. The summed E-state index contributed by atoms with van der Waals surface area (Å²) in [5.74, 6) is 0. The third kappa shape index (κ3) is 1.44. The second kappa shape index (κ2) is 3.34. The Bertz CT molecular complexity index is 108. The highest BCUT2D eigenvalue weighted by atomic mass is 127. The third-order valence-corrected chi connectivity index (χ3v) is 2.46. The molecule has 10 heavy (non-hydrogen) atoms. The van der Waals surface area contributed by atoms with Gasteiger partial charge in [-0.05, 0) is 25.8 Å². The van der Waals surface area contributed by atoms with Crippen LogP contribution in [-0.4, -0.2) is 30.2 Å². The van der Waals surface area contributed by atoms with Crippen LogP contribution in [0, 0.1) is 0 Å². The zero-order valence-electron chi connectivity index (χ0n) is 5.92. The van der Waals surface area contributed by atoms with Crippen molar-refractivity contribution in [3.05, 3.63) is 0 Å². The lowest BCUT2D eigenvalue weighted by atomic mass is 10.1. The molecule has 0 saturated carbocycles. The van der Waals surface area contributed by atoms with Crippen LogP contribution in [0.1, 0.15) is 19.3 Å². The monoisotopic (exact) mass is 257 g/mol. The maximum atomic E-state index is 12.6. The molecule has 0 N–H and O–H groups in total. The second-order valence-electron chi connectivity index (χ2n) is 3.12. The molecule has 2 aliphatic heterocycles. The van der Waals surface area contributed by atoms with E-state index in [2.05, 4.69) is 4.90 Å². The molecule has 1 unspecified atom stereocenters. The number of halogens is 2. The van der Waals surface area contributed by atoms with Crippen LogP contribution in [0.25, 0.3) is 0 Å². The van der Waals surface area contributed by atoms with Gasteiger partial charge in [0, 0.05) is 12.6 Å². The summed E-state index contributed by atoms with van der Waals surface area (Å²) in [7, 11) is 0. The summed E-state index contributed by atoms with van der Waals surface area (Å²) in [4.78, 5) is 2.28. The van der Waals surface area contributed by atoms with Crippen LogP contribution in [0.5, 0.6) is 0 Å². The quantitative estimate of drug-likeness (QED) is 0.598. The lowest BCUT2D eigenvalue weighted by Crippen LogP contribution is -2.22. The lowest BCUT2D eigenvalue weighted by Gasteiger charge is -2.11. The van der Waals surface area contributed by atoms with Gasteiger partial charge >= 0.3 is 0 Å². The molecule has 0 aromatic heterocycles. The predicted molar refractivity (Wildman–Crippen MR) is 49.5 cm³/mol. The first-order valence-corrected chi connectivity index (χ1v) is 3.74. The van der Waals surface area contributed by atoms with Gasteiger partial charge in [0.25, 0.3) is 0 Å². The van der Waals surface area contributed by atoms with Gasteiger partial charge in [-0.2, -0.15) is 0 Å². The summed E-state index contributed by atoms with van der Waals surface area (Å²) in [6.45, 7) is 1.86. The van der Waals surface area contributed by atoms with Crippen molar-refractivity contribution in [1.82, 2.24) is 4.90 Å². The van der Waals surface area contributed by atoms with Crippen molar-refractivity contribution in [2.75, 3.05) is 13.1 Å². The normalized spacial score (nSPS) is 39.3. The molecule has 2 heterocycles. The highest BCUT2D eigenvalue weighted by Gasteiger charge is 2.34. The zero-order valence-corrected chi connectivity index (χ0v) is 8.25. The highest BCUT2D eigenvalue weighted by molar-refractivity contribution is 14.0. The Morgan fingerprint density at radius 1 is 1.40 bits per heavy atom. The van der Waals surface area contributed by atoms with Gasteiger partial charge in [-0.15, -0.1) is 24.0 Å². The van der Waals surface area contributed by atoms with E-state index in [1.54, 1.807) is 0 Å². The van der Waals surface area contributed by atoms with Crippen molar-refractivity contribution in [2.45, 2.75) is 31.5 Å². The predicted octanol–water partition coefficient (Wildman–Crippen LogP) is 1.81. The maximum absolute atomic E-state index is 12.6. The Kier molecular flexibility index (Phi) is 2.91. The number of alkyl halides is 1. The van der Waals surface area contributed by atoms with E-state index in [1.165, 1.54) is 12.8 Å². The van der Waals surface area contributed by atoms with E-state index in [0.29, 0.717) is 12.6 Å². The van der Waals surface area contributed by atoms with Crippen LogP contribution < -0.4 is 0 Å². The molecule has 1 nitrogen and oxygen atoms in total. The Hall–Kier alpha value is 0.620. The van der Waals surface area contributed by atoms with E-state index >= 15 is 0 Å². The minimum absolute atomic E-state index is 0. The summed E-state index contributed by atoms with van der Waals surface area (Å²) in [5.41, 5.74) is 0. The Morgan fingerprint density at radius 2 is 2.20 bits per heavy atom. The van der Waals surface area contributed by atoms with E-state index in [0.717, 1.165) is 13.0 Å². The van der Waals surface area contributed by atoms with Crippen LogP contribution in [0.4, 0.5) is 4.39 Å². The standard InChI is InChI=1S/C7H12FN.HI/c8-6-4-7-2-1-3-9(7)5-6;/h6-7H,1-5H2;1H/t6-,7?;/m1./s1. The van der Waals surface area contributed by atoms with Gasteiger partial charge in [0.15, 0.2) is 0 Å². The van der Waals surface area contributed by atoms with Gasteiger partial charge in [0.05, 0.1) is 0 Å². The van der Waals surface area contributed by atoms with E-state index in [1.807, 2.05) is 0 Å². The fourth-order valence-electron chi connectivity index (χ4n) is 2.03. The summed E-state index contributed by atoms with van der Waals surface area (Å²) in [6, 6.07) is 0.611. The molecule has 2 fully saturated rings. The van der Waals surface area contributed by atoms with Crippen molar-refractivity contribution >= 4 is 24.0 Å². The Labute approximate surface area is 78.0 Å². The number of fused-ring (bicyclic) bond motifs is 1. The molecular formula is C7H13FIN. The minimum atomic E-state index is -0.518. The summed E-state index contributed by atoms with van der Waals surface area (Å²) < 4.78 is 12.6. The smallest absolute Gasteiger partial charge is 0.114 e. The van der Waals surface area contributed by atoms with Crippen LogP contribution in [0.3, 0.4) is 0 Å². The van der Waals surface area contributed by atoms with E-state index in [-0.39, 0.29) is 24.0 Å². The Balaban J connectivity index is 0.000000500. The molecule has 0 spiro atoms. The average Bonchev–Trinajstić information content (AvgIpc) is 2.22. The first kappa shape index (κ1) is 8.71. The van der Waals surface area contributed by atoms with Gasteiger partial charge in [-0.3, -0.25) is 4.90 Å². The van der Waals surface area contributed by atoms with Crippen molar-refractivity contribution in [3.63, 3.8) is 0 Å². The van der Waals surface area contributed by atoms with Crippen molar-refractivity contribution in [2.24, 2.45) is 0 Å². The number of rotatable bonds is 0. The van der Waals surface area contributed by atoms with Gasteiger partial charge in [-0.1, -0.05) is 0 Å². The van der Waals surface area contributed by atoms with Crippen LogP contribution >= 0.6 is 24.0 Å². The second-order valence-corrected chi connectivity index (χ2v) is 3.12. The summed E-state index contributed by atoms with van der Waals surface area (Å²) in [5, 5.41) is 0. The molecule has 2 aliphatic rings. The molecule has 2 rings (SSSR count). The Morgan fingerprint density at radius 3 is 2.90 bits per heavy atom. The topological polar surface area (TPSA) is 3.24 Å².